The number of carbonyl (C=O) groups excluding carboxylic acids is 1. The Hall–Kier alpha value is -2.20. The number of halogens is 1. The van der Waals surface area contributed by atoms with Crippen LogP contribution in [0.3, 0.4) is 0 Å². The molecule has 1 unspecified atom stereocenters. The number of nitrogens with two attached hydrogens (primary N) is 1. The zero-order chi connectivity index (χ0) is 15.7. The van der Waals surface area contributed by atoms with E-state index in [2.05, 4.69) is 0 Å². The zero-order valence-corrected chi connectivity index (χ0v) is 13.0. The number of likely N-dealkylation sites (N-methyl/N-ethyl adjacent to an activating group) is 1. The summed E-state index contributed by atoms with van der Waals surface area (Å²) >= 11 is 5.89. The number of amides is 1. The van der Waals surface area contributed by atoms with Crippen LogP contribution in [0.4, 0.5) is 11.4 Å². The molecule has 0 radical (unpaired) electrons. The fourth-order valence-electron chi connectivity index (χ4n) is 2.63. The number of anilines is 2. The van der Waals surface area contributed by atoms with Crippen molar-refractivity contribution < 1.29 is 9.53 Å². The van der Waals surface area contributed by atoms with Crippen molar-refractivity contribution in [3.05, 3.63) is 53.1 Å². The molecular formula is C17H17ClN2O2. The van der Waals surface area contributed by atoms with Crippen LogP contribution in [0.25, 0.3) is 0 Å². The minimum atomic E-state index is -0.530. The summed E-state index contributed by atoms with van der Waals surface area (Å²) in [5, 5.41) is 0.677. The molecular weight excluding hydrogens is 300 g/mol. The molecule has 0 fully saturated rings. The van der Waals surface area contributed by atoms with Gasteiger partial charge in [0.15, 0.2) is 6.10 Å². The van der Waals surface area contributed by atoms with Crippen LogP contribution < -0.4 is 15.4 Å². The van der Waals surface area contributed by atoms with Gasteiger partial charge in [0, 0.05) is 23.7 Å². The van der Waals surface area contributed by atoms with E-state index in [4.69, 9.17) is 22.1 Å². The van der Waals surface area contributed by atoms with Gasteiger partial charge in [-0.1, -0.05) is 23.7 Å². The van der Waals surface area contributed by atoms with E-state index in [9.17, 15) is 4.79 Å². The SMILES string of the molecule is CCN1C(=O)C(Cc2ccc(Cl)cc2)Oc2ccc(N)cc21. The summed E-state index contributed by atoms with van der Waals surface area (Å²) in [5.41, 5.74) is 8.17. The Labute approximate surface area is 134 Å². The molecule has 0 spiro atoms. The van der Waals surface area contributed by atoms with E-state index in [-0.39, 0.29) is 5.91 Å². The minimum absolute atomic E-state index is 0.0458. The number of rotatable bonds is 3. The smallest absolute Gasteiger partial charge is 0.268 e. The van der Waals surface area contributed by atoms with Crippen LogP contribution in [0.15, 0.2) is 42.5 Å². The Morgan fingerprint density at radius 3 is 2.64 bits per heavy atom. The highest BCUT2D eigenvalue weighted by Gasteiger charge is 2.33. The number of nitrogens with zero attached hydrogens (tertiary/aromatic N) is 1. The van der Waals surface area contributed by atoms with E-state index in [1.54, 1.807) is 17.0 Å². The normalized spacial score (nSPS) is 17.1. The molecule has 1 atom stereocenters. The predicted molar refractivity (Wildman–Crippen MR) is 88.5 cm³/mol. The highest BCUT2D eigenvalue weighted by Crippen LogP contribution is 2.36. The van der Waals surface area contributed by atoms with E-state index in [0.29, 0.717) is 29.4 Å². The summed E-state index contributed by atoms with van der Waals surface area (Å²) < 4.78 is 5.89. The zero-order valence-electron chi connectivity index (χ0n) is 12.3. The number of carbonyl (C=O) groups is 1. The van der Waals surface area contributed by atoms with Gasteiger partial charge >= 0.3 is 0 Å². The molecule has 0 aliphatic carbocycles. The molecule has 0 aromatic heterocycles. The van der Waals surface area contributed by atoms with Gasteiger partial charge in [-0.15, -0.1) is 0 Å². The van der Waals surface area contributed by atoms with Gasteiger partial charge in [-0.3, -0.25) is 4.79 Å². The third-order valence-corrected chi connectivity index (χ3v) is 3.99. The van der Waals surface area contributed by atoms with E-state index in [1.807, 2.05) is 37.3 Å². The molecule has 1 aliphatic heterocycles. The average Bonchev–Trinajstić information content (AvgIpc) is 2.51. The van der Waals surface area contributed by atoms with Gasteiger partial charge in [0.25, 0.3) is 5.91 Å². The van der Waals surface area contributed by atoms with Crippen molar-refractivity contribution in [3.63, 3.8) is 0 Å². The van der Waals surface area contributed by atoms with Crippen LogP contribution >= 0.6 is 11.6 Å². The summed E-state index contributed by atoms with van der Waals surface area (Å²) in [5.74, 6) is 0.644. The maximum Gasteiger partial charge on any atom is 0.268 e. The van der Waals surface area contributed by atoms with Crippen LogP contribution in [0.1, 0.15) is 12.5 Å². The average molecular weight is 317 g/mol. The van der Waals surface area contributed by atoms with Crippen molar-refractivity contribution >= 4 is 28.9 Å². The molecule has 1 heterocycles. The standard InChI is InChI=1S/C17H17ClN2O2/c1-2-20-14-10-13(19)7-8-15(14)22-16(17(20)21)9-11-3-5-12(18)6-4-11/h3-8,10,16H,2,9,19H2,1H3. The molecule has 2 N–H and O–H groups in total. The Morgan fingerprint density at radius 1 is 1.23 bits per heavy atom. The lowest BCUT2D eigenvalue weighted by Gasteiger charge is -2.34. The summed E-state index contributed by atoms with van der Waals surface area (Å²) in [6.45, 7) is 2.52. The number of nitrogen functional groups attached to an aromatic ring is 1. The monoisotopic (exact) mass is 316 g/mol. The third-order valence-electron chi connectivity index (χ3n) is 3.74. The summed E-state index contributed by atoms with van der Waals surface area (Å²) in [7, 11) is 0. The fourth-order valence-corrected chi connectivity index (χ4v) is 2.76. The molecule has 2 aromatic rings. The quantitative estimate of drug-likeness (QED) is 0.884. The number of hydrogen-bond acceptors (Lipinski definition) is 3. The molecule has 5 heteroatoms. The van der Waals surface area contributed by atoms with Gasteiger partial charge in [0.2, 0.25) is 0 Å². The lowest BCUT2D eigenvalue weighted by atomic mass is 10.0. The molecule has 0 bridgehead atoms. The Kier molecular flexibility index (Phi) is 3.94. The second-order valence-corrected chi connectivity index (χ2v) is 5.68. The van der Waals surface area contributed by atoms with Gasteiger partial charge in [0.05, 0.1) is 5.69 Å². The van der Waals surface area contributed by atoms with Crippen LogP contribution in [0, 0.1) is 0 Å². The first-order chi connectivity index (χ1) is 10.6. The Balaban J connectivity index is 1.89. The van der Waals surface area contributed by atoms with Crippen molar-refractivity contribution in [2.75, 3.05) is 17.2 Å². The Morgan fingerprint density at radius 2 is 1.95 bits per heavy atom. The van der Waals surface area contributed by atoms with Crippen LogP contribution in [0.2, 0.25) is 5.02 Å². The molecule has 114 valence electrons. The van der Waals surface area contributed by atoms with Crippen LogP contribution in [-0.4, -0.2) is 18.6 Å². The van der Waals surface area contributed by atoms with Crippen LogP contribution in [0.5, 0.6) is 5.75 Å². The van der Waals surface area contributed by atoms with E-state index >= 15 is 0 Å². The molecule has 0 saturated carbocycles. The van der Waals surface area contributed by atoms with Gasteiger partial charge in [0.1, 0.15) is 5.75 Å². The maximum absolute atomic E-state index is 12.6. The van der Waals surface area contributed by atoms with Crippen molar-refractivity contribution in [2.24, 2.45) is 0 Å². The van der Waals surface area contributed by atoms with Gasteiger partial charge < -0.3 is 15.4 Å². The van der Waals surface area contributed by atoms with E-state index in [0.717, 1.165) is 11.3 Å². The summed E-state index contributed by atoms with van der Waals surface area (Å²) in [6, 6.07) is 12.8. The van der Waals surface area contributed by atoms with Gasteiger partial charge in [-0.05, 0) is 42.8 Å². The van der Waals surface area contributed by atoms with Crippen LogP contribution in [-0.2, 0) is 11.2 Å². The molecule has 22 heavy (non-hydrogen) atoms. The topological polar surface area (TPSA) is 55.6 Å². The highest BCUT2D eigenvalue weighted by molar-refractivity contribution is 6.30. The van der Waals surface area contributed by atoms with Gasteiger partial charge in [-0.25, -0.2) is 0 Å². The lowest BCUT2D eigenvalue weighted by molar-refractivity contribution is -0.126. The number of ether oxygens (including phenoxy) is 1. The van der Waals surface area contributed by atoms with E-state index in [1.165, 1.54) is 0 Å². The molecule has 1 aliphatic rings. The summed E-state index contributed by atoms with van der Waals surface area (Å²) in [4.78, 5) is 14.4. The fraction of sp³-hybridized carbons (Fsp3) is 0.235. The lowest BCUT2D eigenvalue weighted by Crippen LogP contribution is -2.46. The number of fused-ring (bicyclic) bond motifs is 1. The first-order valence-corrected chi connectivity index (χ1v) is 7.58. The first-order valence-electron chi connectivity index (χ1n) is 7.20. The van der Waals surface area contributed by atoms with Crippen molar-refractivity contribution in [2.45, 2.75) is 19.4 Å². The largest absolute Gasteiger partial charge is 0.478 e. The highest BCUT2D eigenvalue weighted by atomic mass is 35.5. The summed E-state index contributed by atoms with van der Waals surface area (Å²) in [6.07, 6.45) is -0.0201. The van der Waals surface area contributed by atoms with E-state index < -0.39 is 6.10 Å². The molecule has 3 rings (SSSR count). The number of benzene rings is 2. The van der Waals surface area contributed by atoms with Crippen molar-refractivity contribution in [1.29, 1.82) is 0 Å². The first kappa shape index (κ1) is 14.7. The van der Waals surface area contributed by atoms with Gasteiger partial charge in [-0.2, -0.15) is 0 Å². The predicted octanol–water partition coefficient (Wildman–Crippen LogP) is 3.28. The molecule has 4 nitrogen and oxygen atoms in total. The van der Waals surface area contributed by atoms with Crippen molar-refractivity contribution in [1.82, 2.24) is 0 Å². The second-order valence-electron chi connectivity index (χ2n) is 5.25. The Bertz CT molecular complexity index is 700. The third kappa shape index (κ3) is 2.74. The minimum Gasteiger partial charge on any atom is -0.478 e. The molecule has 1 amide bonds. The second kappa shape index (κ2) is 5.89. The van der Waals surface area contributed by atoms with Crippen molar-refractivity contribution in [3.8, 4) is 5.75 Å². The molecule has 0 saturated heterocycles. The number of hydrogen-bond donors (Lipinski definition) is 1. The maximum atomic E-state index is 12.6. The molecule has 2 aromatic carbocycles.